The van der Waals surface area contributed by atoms with E-state index in [1.54, 1.807) is 18.3 Å². The lowest BCUT2D eigenvalue weighted by molar-refractivity contribution is 0.0933. The summed E-state index contributed by atoms with van der Waals surface area (Å²) in [6.45, 7) is 8.63. The van der Waals surface area contributed by atoms with Gasteiger partial charge in [0, 0.05) is 35.0 Å². The summed E-state index contributed by atoms with van der Waals surface area (Å²) in [7, 11) is 0. The Morgan fingerprint density at radius 2 is 1.89 bits per heavy atom. The van der Waals surface area contributed by atoms with Crippen molar-refractivity contribution in [1.82, 2.24) is 25.1 Å². The molecule has 7 nitrogen and oxygen atoms in total. The van der Waals surface area contributed by atoms with Crippen molar-refractivity contribution in [2.24, 2.45) is 0 Å². The molecule has 1 aliphatic heterocycles. The Bertz CT molecular complexity index is 1450. The van der Waals surface area contributed by atoms with Gasteiger partial charge in [0.05, 0.1) is 35.9 Å². The molecule has 36 heavy (non-hydrogen) atoms. The minimum atomic E-state index is -0.433. The van der Waals surface area contributed by atoms with Crippen LogP contribution in [-0.4, -0.2) is 38.3 Å². The monoisotopic (exact) mass is 485 g/mol. The van der Waals surface area contributed by atoms with Crippen LogP contribution in [0.25, 0.3) is 11.3 Å². The molecule has 4 aromatic rings. The standard InChI is InChI=1S/C28H28FN5O2/c1-16-9-18(3)34(33-16)15-20-5-7-21(8-6-20)28(35)31-14-24-11-23-10-22(12-25(29)27(23)36-24)26-19(4)30-13-17(2)32-26/h5-10,12-13,24H,11,14-15H2,1-4H3,(H,31,35)/t24-/m1/s1. The SMILES string of the molecule is Cc1cnc(C)c(-c2cc(F)c3c(c2)C[C@H](CNC(=O)c2ccc(Cn4nc(C)cc4C)cc2)O3)n1. The first kappa shape index (κ1) is 23.7. The molecule has 0 radical (unpaired) electrons. The topological polar surface area (TPSA) is 81.9 Å². The lowest BCUT2D eigenvalue weighted by Gasteiger charge is -2.12. The fourth-order valence-corrected chi connectivity index (χ4v) is 4.53. The maximum absolute atomic E-state index is 14.9. The van der Waals surface area contributed by atoms with E-state index < -0.39 is 5.82 Å². The Morgan fingerprint density at radius 1 is 1.11 bits per heavy atom. The van der Waals surface area contributed by atoms with Crippen LogP contribution >= 0.6 is 0 Å². The average Bonchev–Trinajstić information content (AvgIpc) is 3.41. The number of ether oxygens (including phenoxy) is 1. The van der Waals surface area contributed by atoms with E-state index in [9.17, 15) is 9.18 Å². The van der Waals surface area contributed by atoms with Gasteiger partial charge in [-0.25, -0.2) is 9.37 Å². The third kappa shape index (κ3) is 4.84. The summed E-state index contributed by atoms with van der Waals surface area (Å²) in [6.07, 6.45) is 1.85. The van der Waals surface area contributed by atoms with Gasteiger partial charge in [-0.3, -0.25) is 14.5 Å². The molecule has 0 spiro atoms. The molecule has 5 rings (SSSR count). The van der Waals surface area contributed by atoms with E-state index in [2.05, 4.69) is 20.4 Å². The zero-order chi connectivity index (χ0) is 25.4. The number of rotatable bonds is 6. The number of benzene rings is 2. The Hall–Kier alpha value is -4.07. The van der Waals surface area contributed by atoms with Crippen LogP contribution in [0.5, 0.6) is 5.75 Å². The van der Waals surface area contributed by atoms with Crippen LogP contribution in [-0.2, 0) is 13.0 Å². The van der Waals surface area contributed by atoms with Gasteiger partial charge in [0.2, 0.25) is 0 Å². The van der Waals surface area contributed by atoms with Gasteiger partial charge in [0.1, 0.15) is 6.10 Å². The number of carbonyl (C=O) groups excluding carboxylic acids is 1. The first-order valence-electron chi connectivity index (χ1n) is 11.9. The van der Waals surface area contributed by atoms with Crippen LogP contribution in [0.1, 0.15) is 44.3 Å². The maximum Gasteiger partial charge on any atom is 0.251 e. The molecule has 0 fully saturated rings. The molecule has 2 aromatic heterocycles. The van der Waals surface area contributed by atoms with Gasteiger partial charge in [-0.05, 0) is 63.6 Å². The number of nitrogens with zero attached hydrogens (tertiary/aromatic N) is 4. The second-order valence-corrected chi connectivity index (χ2v) is 9.33. The molecule has 1 N–H and O–H groups in total. The highest BCUT2D eigenvalue weighted by atomic mass is 19.1. The maximum atomic E-state index is 14.9. The third-order valence-corrected chi connectivity index (χ3v) is 6.34. The first-order valence-corrected chi connectivity index (χ1v) is 11.9. The molecule has 8 heteroatoms. The van der Waals surface area contributed by atoms with Crippen LogP contribution in [0.15, 0.2) is 48.7 Å². The normalized spacial score (nSPS) is 14.4. The molecular weight excluding hydrogens is 457 g/mol. The van der Waals surface area contributed by atoms with Crippen LogP contribution in [0, 0.1) is 33.5 Å². The molecule has 0 bridgehead atoms. The van der Waals surface area contributed by atoms with E-state index in [1.807, 2.05) is 56.6 Å². The zero-order valence-electron chi connectivity index (χ0n) is 20.8. The van der Waals surface area contributed by atoms with Crippen molar-refractivity contribution >= 4 is 5.91 Å². The van der Waals surface area contributed by atoms with E-state index in [-0.39, 0.29) is 24.3 Å². The summed E-state index contributed by atoms with van der Waals surface area (Å²) >= 11 is 0. The molecule has 0 saturated carbocycles. The van der Waals surface area contributed by atoms with Gasteiger partial charge in [-0.1, -0.05) is 12.1 Å². The molecule has 1 atom stereocenters. The van der Waals surface area contributed by atoms with Crippen molar-refractivity contribution < 1.29 is 13.9 Å². The van der Waals surface area contributed by atoms with Crippen LogP contribution < -0.4 is 10.1 Å². The number of halogens is 1. The quantitative estimate of drug-likeness (QED) is 0.435. The Balaban J connectivity index is 1.21. The van der Waals surface area contributed by atoms with E-state index in [4.69, 9.17) is 4.74 Å². The van der Waals surface area contributed by atoms with Crippen molar-refractivity contribution in [3.05, 3.63) is 93.9 Å². The fourth-order valence-electron chi connectivity index (χ4n) is 4.53. The van der Waals surface area contributed by atoms with Gasteiger partial charge in [-0.2, -0.15) is 5.10 Å². The average molecular weight is 486 g/mol. The number of nitrogens with one attached hydrogen (secondary N) is 1. The number of aryl methyl sites for hydroxylation is 4. The zero-order valence-corrected chi connectivity index (χ0v) is 20.8. The molecule has 0 unspecified atom stereocenters. The summed E-state index contributed by atoms with van der Waals surface area (Å²) in [6, 6.07) is 12.8. The van der Waals surface area contributed by atoms with Gasteiger partial charge >= 0.3 is 0 Å². The molecule has 3 heterocycles. The van der Waals surface area contributed by atoms with E-state index in [0.29, 0.717) is 29.8 Å². The van der Waals surface area contributed by atoms with Gasteiger partial charge < -0.3 is 10.1 Å². The highest BCUT2D eigenvalue weighted by Gasteiger charge is 2.28. The predicted octanol–water partition coefficient (Wildman–Crippen LogP) is 4.49. The van der Waals surface area contributed by atoms with Gasteiger partial charge in [-0.15, -0.1) is 0 Å². The van der Waals surface area contributed by atoms with Crippen LogP contribution in [0.2, 0.25) is 0 Å². The third-order valence-electron chi connectivity index (χ3n) is 6.34. The van der Waals surface area contributed by atoms with Crippen LogP contribution in [0.4, 0.5) is 4.39 Å². The molecule has 1 amide bonds. The predicted molar refractivity (Wildman–Crippen MR) is 135 cm³/mol. The highest BCUT2D eigenvalue weighted by molar-refractivity contribution is 5.94. The van der Waals surface area contributed by atoms with Crippen molar-refractivity contribution in [3.63, 3.8) is 0 Å². The number of hydrogen-bond acceptors (Lipinski definition) is 5. The van der Waals surface area contributed by atoms with Crippen LogP contribution in [0.3, 0.4) is 0 Å². The second kappa shape index (κ2) is 9.53. The molecule has 1 aliphatic rings. The minimum Gasteiger partial charge on any atom is -0.485 e. The minimum absolute atomic E-state index is 0.195. The number of aromatic nitrogens is 4. The number of carbonyl (C=O) groups is 1. The summed E-state index contributed by atoms with van der Waals surface area (Å²) in [5, 5.41) is 7.39. The molecule has 2 aromatic carbocycles. The highest BCUT2D eigenvalue weighted by Crippen LogP contribution is 2.36. The van der Waals surface area contributed by atoms with Gasteiger partial charge in [0.25, 0.3) is 5.91 Å². The summed E-state index contributed by atoms with van der Waals surface area (Å²) < 4.78 is 22.6. The largest absolute Gasteiger partial charge is 0.485 e. The Labute approximate surface area is 209 Å². The Morgan fingerprint density at radius 3 is 2.61 bits per heavy atom. The van der Waals surface area contributed by atoms with Crippen molar-refractivity contribution in [2.75, 3.05) is 6.54 Å². The smallest absolute Gasteiger partial charge is 0.251 e. The summed E-state index contributed by atoms with van der Waals surface area (Å²) in [5.41, 5.74) is 7.31. The Kier molecular flexibility index (Phi) is 6.26. The lowest BCUT2D eigenvalue weighted by atomic mass is 10.0. The molecule has 0 saturated heterocycles. The molecule has 184 valence electrons. The number of hydrogen-bond donors (Lipinski definition) is 1. The fraction of sp³-hybridized carbons (Fsp3) is 0.286. The van der Waals surface area contributed by atoms with Gasteiger partial charge in [0.15, 0.2) is 11.6 Å². The lowest BCUT2D eigenvalue weighted by Crippen LogP contribution is -2.34. The van der Waals surface area contributed by atoms with E-state index in [1.165, 1.54) is 6.07 Å². The molecular formula is C28H28FN5O2. The first-order chi connectivity index (χ1) is 17.3. The van der Waals surface area contributed by atoms with Crippen molar-refractivity contribution in [2.45, 2.75) is 46.8 Å². The second-order valence-electron chi connectivity index (χ2n) is 9.33. The van der Waals surface area contributed by atoms with Crippen molar-refractivity contribution in [1.29, 1.82) is 0 Å². The number of amides is 1. The number of fused-ring (bicyclic) bond motifs is 1. The molecule has 0 aliphatic carbocycles. The summed E-state index contributed by atoms with van der Waals surface area (Å²) in [5.74, 6) is -0.388. The van der Waals surface area contributed by atoms with Crippen molar-refractivity contribution in [3.8, 4) is 17.0 Å². The van der Waals surface area contributed by atoms with E-state index >= 15 is 0 Å². The van der Waals surface area contributed by atoms with E-state index in [0.717, 1.165) is 33.9 Å². The summed E-state index contributed by atoms with van der Waals surface area (Å²) in [4.78, 5) is 21.6.